The van der Waals surface area contributed by atoms with Crippen LogP contribution in [0.15, 0.2) is 12.8 Å². The molecular formula is C14H24O11. The molecule has 0 amide bonds. The summed E-state index contributed by atoms with van der Waals surface area (Å²) >= 11 is 0. The van der Waals surface area contributed by atoms with E-state index in [-0.39, 0.29) is 0 Å². The van der Waals surface area contributed by atoms with Crippen molar-refractivity contribution in [3.8, 4) is 0 Å². The molecule has 2 aliphatic rings. The van der Waals surface area contributed by atoms with Gasteiger partial charge < -0.3 is 54.7 Å². The van der Waals surface area contributed by atoms with Crippen LogP contribution in [-0.4, -0.2) is 110 Å². The molecule has 2 rings (SSSR count). The minimum atomic E-state index is -2.06. The van der Waals surface area contributed by atoms with E-state index in [9.17, 15) is 35.7 Å². The number of ether oxygens (including phenoxy) is 4. The summed E-state index contributed by atoms with van der Waals surface area (Å²) in [7, 11) is 0. The molecule has 0 saturated carbocycles. The Kier molecular flexibility index (Phi) is 6.73. The summed E-state index contributed by atoms with van der Waals surface area (Å²) < 4.78 is 21.0. The van der Waals surface area contributed by atoms with E-state index in [4.69, 9.17) is 18.9 Å². The Morgan fingerprint density at radius 3 is 2.08 bits per heavy atom. The van der Waals surface area contributed by atoms with Crippen molar-refractivity contribution >= 4 is 0 Å². The number of hydrogen-bond donors (Lipinski definition) is 7. The highest BCUT2D eigenvalue weighted by molar-refractivity contribution is 4.99. The first kappa shape index (κ1) is 20.5. The zero-order chi connectivity index (χ0) is 18.8. The molecule has 2 fully saturated rings. The largest absolute Gasteiger partial charge is 0.496 e. The topological polar surface area (TPSA) is 179 Å². The number of rotatable bonds is 7. The molecular weight excluding hydrogens is 344 g/mol. The first-order valence-electron chi connectivity index (χ1n) is 7.67. The van der Waals surface area contributed by atoms with Crippen molar-refractivity contribution in [3.05, 3.63) is 12.8 Å². The summed E-state index contributed by atoms with van der Waals surface area (Å²) in [5.74, 6) is -2.06. The average Bonchev–Trinajstić information content (AvgIpc) is 2.85. The highest BCUT2D eigenvalue weighted by atomic mass is 16.8. The first-order valence-corrected chi connectivity index (χ1v) is 7.67. The zero-order valence-electron chi connectivity index (χ0n) is 13.3. The van der Waals surface area contributed by atoms with E-state index in [1.165, 1.54) is 0 Å². The molecule has 2 saturated heterocycles. The van der Waals surface area contributed by atoms with Gasteiger partial charge in [-0.2, -0.15) is 0 Å². The van der Waals surface area contributed by atoms with Crippen LogP contribution in [0.5, 0.6) is 0 Å². The highest BCUT2D eigenvalue weighted by Crippen LogP contribution is 2.36. The molecule has 0 radical (unpaired) electrons. The highest BCUT2D eigenvalue weighted by Gasteiger charge is 2.59. The van der Waals surface area contributed by atoms with Crippen LogP contribution in [0.4, 0.5) is 0 Å². The van der Waals surface area contributed by atoms with Crippen LogP contribution in [0.25, 0.3) is 0 Å². The van der Waals surface area contributed by atoms with Crippen molar-refractivity contribution in [1.29, 1.82) is 0 Å². The summed E-state index contributed by atoms with van der Waals surface area (Å²) in [5, 5.41) is 68.3. The molecule has 11 nitrogen and oxygen atoms in total. The molecule has 0 aromatic rings. The van der Waals surface area contributed by atoms with Crippen molar-refractivity contribution < 1.29 is 54.7 Å². The fraction of sp³-hybridized carbons (Fsp3) is 0.857. The van der Waals surface area contributed by atoms with Crippen LogP contribution in [-0.2, 0) is 18.9 Å². The second-order valence-corrected chi connectivity index (χ2v) is 5.88. The molecule has 0 unspecified atom stereocenters. The van der Waals surface area contributed by atoms with Gasteiger partial charge in [0.25, 0.3) is 0 Å². The minimum Gasteiger partial charge on any atom is -0.496 e. The predicted molar refractivity (Wildman–Crippen MR) is 77.7 cm³/mol. The molecule has 146 valence electrons. The van der Waals surface area contributed by atoms with Gasteiger partial charge in [-0.05, 0) is 0 Å². The van der Waals surface area contributed by atoms with Crippen molar-refractivity contribution in [2.24, 2.45) is 0 Å². The third-order valence-electron chi connectivity index (χ3n) is 4.25. The van der Waals surface area contributed by atoms with Gasteiger partial charge in [-0.15, -0.1) is 0 Å². The van der Waals surface area contributed by atoms with E-state index in [2.05, 4.69) is 6.58 Å². The van der Waals surface area contributed by atoms with Crippen LogP contribution in [0.3, 0.4) is 0 Å². The van der Waals surface area contributed by atoms with Gasteiger partial charge in [0.15, 0.2) is 6.29 Å². The monoisotopic (exact) mass is 368 g/mol. The van der Waals surface area contributed by atoms with Gasteiger partial charge in [0, 0.05) is 0 Å². The fourth-order valence-electron chi connectivity index (χ4n) is 2.79. The Bertz CT molecular complexity index is 446. The molecule has 9 atom stereocenters. The SMILES string of the molecule is C=COC[C@@]1(O[C@H]2O[C@H](CO)[C@@H](O)[C@H](O)[C@H]2O)O[C@H](CO)[C@@H](O)[C@@H]1O. The van der Waals surface area contributed by atoms with Gasteiger partial charge >= 0.3 is 0 Å². The molecule has 7 N–H and O–H groups in total. The number of aliphatic hydroxyl groups is 7. The van der Waals surface area contributed by atoms with Gasteiger partial charge in [-0.25, -0.2) is 0 Å². The fourth-order valence-corrected chi connectivity index (χ4v) is 2.79. The maximum Gasteiger partial charge on any atom is 0.235 e. The molecule has 0 bridgehead atoms. The summed E-state index contributed by atoms with van der Waals surface area (Å²) in [6.07, 6.45) is -11.3. The number of hydrogen-bond acceptors (Lipinski definition) is 11. The van der Waals surface area contributed by atoms with E-state index >= 15 is 0 Å². The standard InChI is InChI=1S/C14H24O11/c1-2-22-5-14(12(21)9(18)7(4-16)24-14)25-13-11(20)10(19)8(17)6(3-15)23-13/h2,6-13,15-21H,1,3-5H2/t6-,7-,8-,9-,10+,11-,12+,13-,14+/m1/s1. The quantitative estimate of drug-likeness (QED) is 0.217. The Balaban J connectivity index is 2.23. The van der Waals surface area contributed by atoms with Gasteiger partial charge in [0.1, 0.15) is 49.3 Å². The van der Waals surface area contributed by atoms with E-state index in [1.807, 2.05) is 0 Å². The van der Waals surface area contributed by atoms with Gasteiger partial charge in [-0.1, -0.05) is 6.58 Å². The van der Waals surface area contributed by atoms with Crippen LogP contribution < -0.4 is 0 Å². The van der Waals surface area contributed by atoms with E-state index in [1.54, 1.807) is 0 Å². The normalized spacial score (nSPS) is 47.6. The van der Waals surface area contributed by atoms with Crippen molar-refractivity contribution in [3.63, 3.8) is 0 Å². The Morgan fingerprint density at radius 2 is 1.56 bits per heavy atom. The summed E-state index contributed by atoms with van der Waals surface area (Å²) in [6.45, 7) is 1.54. The third kappa shape index (κ3) is 3.80. The average molecular weight is 368 g/mol. The maximum atomic E-state index is 10.3. The lowest BCUT2D eigenvalue weighted by Crippen LogP contribution is -2.62. The van der Waals surface area contributed by atoms with E-state index in [0.717, 1.165) is 6.26 Å². The van der Waals surface area contributed by atoms with Crippen LogP contribution in [0.2, 0.25) is 0 Å². The van der Waals surface area contributed by atoms with Gasteiger partial charge in [0.2, 0.25) is 5.79 Å². The molecule has 0 aromatic carbocycles. The van der Waals surface area contributed by atoms with Crippen molar-refractivity contribution in [2.75, 3.05) is 19.8 Å². The lowest BCUT2D eigenvalue weighted by Gasteiger charge is -2.43. The molecule has 0 aromatic heterocycles. The van der Waals surface area contributed by atoms with Gasteiger partial charge in [-0.3, -0.25) is 0 Å². The van der Waals surface area contributed by atoms with Gasteiger partial charge in [0.05, 0.1) is 19.5 Å². The second-order valence-electron chi connectivity index (χ2n) is 5.88. The molecule has 2 heterocycles. The molecule has 0 spiro atoms. The zero-order valence-corrected chi connectivity index (χ0v) is 13.3. The second kappa shape index (κ2) is 8.22. The molecule has 0 aliphatic carbocycles. The van der Waals surface area contributed by atoms with Crippen LogP contribution >= 0.6 is 0 Å². The molecule has 2 aliphatic heterocycles. The Morgan fingerprint density at radius 1 is 0.920 bits per heavy atom. The molecule has 25 heavy (non-hydrogen) atoms. The summed E-state index contributed by atoms with van der Waals surface area (Å²) in [5.41, 5.74) is 0. The predicted octanol–water partition coefficient (Wildman–Crippen LogP) is -4.23. The maximum absolute atomic E-state index is 10.3. The third-order valence-corrected chi connectivity index (χ3v) is 4.25. The summed E-state index contributed by atoms with van der Waals surface area (Å²) in [6, 6.07) is 0. The van der Waals surface area contributed by atoms with E-state index < -0.39 is 74.6 Å². The lowest BCUT2D eigenvalue weighted by molar-refractivity contribution is -0.383. The first-order chi connectivity index (χ1) is 11.8. The Hall–Kier alpha value is -0.860. The minimum absolute atomic E-state index is 0.486. The Labute approximate surface area is 143 Å². The van der Waals surface area contributed by atoms with Crippen molar-refractivity contribution in [2.45, 2.75) is 54.8 Å². The van der Waals surface area contributed by atoms with Crippen molar-refractivity contribution in [1.82, 2.24) is 0 Å². The number of aliphatic hydroxyl groups excluding tert-OH is 7. The van der Waals surface area contributed by atoms with Crippen LogP contribution in [0, 0.1) is 0 Å². The van der Waals surface area contributed by atoms with E-state index in [0.29, 0.717) is 0 Å². The molecule has 11 heteroatoms. The smallest absolute Gasteiger partial charge is 0.235 e. The lowest BCUT2D eigenvalue weighted by atomic mass is 9.99. The summed E-state index contributed by atoms with van der Waals surface area (Å²) in [4.78, 5) is 0. The van der Waals surface area contributed by atoms with Crippen LogP contribution in [0.1, 0.15) is 0 Å².